The minimum atomic E-state index is 0.623. The van der Waals surface area contributed by atoms with E-state index in [0.29, 0.717) is 12.0 Å². The van der Waals surface area contributed by atoms with Gasteiger partial charge in [0.25, 0.3) is 0 Å². The topological polar surface area (TPSA) is 15.3 Å². The molecule has 2 nitrogen and oxygen atoms in total. The lowest BCUT2D eigenvalue weighted by Gasteiger charge is -2.30. The van der Waals surface area contributed by atoms with Gasteiger partial charge in [0.1, 0.15) is 0 Å². The zero-order valence-electron chi connectivity index (χ0n) is 11.4. The number of hydrogen-bond donors (Lipinski definition) is 1. The van der Waals surface area contributed by atoms with Crippen LogP contribution in [0.2, 0.25) is 0 Å². The number of thiophene rings is 1. The molecule has 0 amide bonds. The largest absolute Gasteiger partial charge is 0.312 e. The fourth-order valence-electron chi connectivity index (χ4n) is 3.70. The average molecular weight is 264 g/mol. The van der Waals surface area contributed by atoms with Crippen molar-refractivity contribution in [3.8, 4) is 0 Å². The van der Waals surface area contributed by atoms with Gasteiger partial charge in [0.15, 0.2) is 0 Å². The molecule has 2 saturated heterocycles. The number of hydrogen-bond acceptors (Lipinski definition) is 3. The summed E-state index contributed by atoms with van der Waals surface area (Å²) < 4.78 is 0. The monoisotopic (exact) mass is 264 g/mol. The van der Waals surface area contributed by atoms with Crippen LogP contribution < -0.4 is 5.32 Å². The summed E-state index contributed by atoms with van der Waals surface area (Å²) in [4.78, 5) is 4.27. The van der Waals surface area contributed by atoms with Crippen LogP contribution >= 0.6 is 11.3 Å². The van der Waals surface area contributed by atoms with Crippen LogP contribution in [0, 0.1) is 11.8 Å². The lowest BCUT2D eigenvalue weighted by Crippen LogP contribution is -2.41. The van der Waals surface area contributed by atoms with Gasteiger partial charge in [0.05, 0.1) is 0 Å². The van der Waals surface area contributed by atoms with Crippen molar-refractivity contribution in [2.75, 3.05) is 19.6 Å². The smallest absolute Gasteiger partial charge is 0.0465 e. The van der Waals surface area contributed by atoms with E-state index in [9.17, 15) is 0 Å². The van der Waals surface area contributed by atoms with Crippen LogP contribution in [0.5, 0.6) is 0 Å². The summed E-state index contributed by atoms with van der Waals surface area (Å²) in [6, 6.07) is 5.87. The van der Waals surface area contributed by atoms with Crippen LogP contribution in [0.15, 0.2) is 17.5 Å². The van der Waals surface area contributed by atoms with Crippen molar-refractivity contribution in [3.05, 3.63) is 22.4 Å². The highest BCUT2D eigenvalue weighted by Gasteiger charge is 2.38. The Morgan fingerprint density at radius 3 is 2.94 bits per heavy atom. The second-order valence-corrected chi connectivity index (χ2v) is 7.10. The number of fused-ring (bicyclic) bond motifs is 1. The standard InChI is InChI=1S/C15H24N2S/c1-11(2)15(14-6-4-8-18-14)17-9-12-5-3-7-16-13(12)10-17/h4,6,8,11-13,15-16H,3,5,7,9-10H2,1-2H3. The Labute approximate surface area is 114 Å². The molecule has 2 fully saturated rings. The quantitative estimate of drug-likeness (QED) is 0.902. The maximum absolute atomic E-state index is 3.71. The molecule has 2 aliphatic rings. The van der Waals surface area contributed by atoms with Crippen LogP contribution in [0.4, 0.5) is 0 Å². The summed E-state index contributed by atoms with van der Waals surface area (Å²) in [5.74, 6) is 1.59. The van der Waals surface area contributed by atoms with E-state index in [1.807, 2.05) is 11.3 Å². The lowest BCUT2D eigenvalue weighted by atomic mass is 9.94. The minimum absolute atomic E-state index is 0.623. The third-order valence-corrected chi connectivity index (χ3v) is 5.43. The maximum Gasteiger partial charge on any atom is 0.0465 e. The Morgan fingerprint density at radius 2 is 2.28 bits per heavy atom. The highest BCUT2D eigenvalue weighted by Crippen LogP contribution is 2.37. The first kappa shape index (κ1) is 12.6. The van der Waals surface area contributed by atoms with E-state index in [4.69, 9.17) is 0 Å². The van der Waals surface area contributed by atoms with Crippen molar-refractivity contribution >= 4 is 11.3 Å². The lowest BCUT2D eigenvalue weighted by molar-refractivity contribution is 0.188. The van der Waals surface area contributed by atoms with Gasteiger partial charge in [0.2, 0.25) is 0 Å². The molecular weight excluding hydrogens is 240 g/mol. The van der Waals surface area contributed by atoms with E-state index in [2.05, 4.69) is 41.6 Å². The van der Waals surface area contributed by atoms with Gasteiger partial charge in [-0.2, -0.15) is 0 Å². The molecule has 0 bridgehead atoms. The second-order valence-electron chi connectivity index (χ2n) is 6.12. The molecule has 18 heavy (non-hydrogen) atoms. The van der Waals surface area contributed by atoms with Gasteiger partial charge in [-0.05, 0) is 42.7 Å². The van der Waals surface area contributed by atoms with Crippen molar-refractivity contribution < 1.29 is 0 Å². The normalized spacial score (nSPS) is 30.6. The highest BCUT2D eigenvalue weighted by molar-refractivity contribution is 7.10. The molecule has 0 saturated carbocycles. The third-order valence-electron chi connectivity index (χ3n) is 4.49. The predicted molar refractivity (Wildman–Crippen MR) is 78.0 cm³/mol. The molecule has 100 valence electrons. The Morgan fingerprint density at radius 1 is 1.39 bits per heavy atom. The molecule has 0 aromatic carbocycles. The number of piperidine rings is 1. The first-order valence-electron chi connectivity index (χ1n) is 7.26. The van der Waals surface area contributed by atoms with Crippen LogP contribution in [0.3, 0.4) is 0 Å². The number of nitrogens with zero attached hydrogens (tertiary/aromatic N) is 1. The number of rotatable bonds is 3. The molecule has 3 rings (SSSR count). The number of likely N-dealkylation sites (tertiary alicyclic amines) is 1. The molecule has 0 aliphatic carbocycles. The molecule has 3 heterocycles. The van der Waals surface area contributed by atoms with Crippen LogP contribution in [0.25, 0.3) is 0 Å². The first-order valence-corrected chi connectivity index (χ1v) is 8.14. The first-order chi connectivity index (χ1) is 8.75. The van der Waals surface area contributed by atoms with Crippen molar-refractivity contribution in [1.29, 1.82) is 0 Å². The number of nitrogens with one attached hydrogen (secondary N) is 1. The molecule has 0 spiro atoms. The molecule has 1 N–H and O–H groups in total. The van der Waals surface area contributed by atoms with Crippen molar-refractivity contribution in [1.82, 2.24) is 10.2 Å². The zero-order valence-corrected chi connectivity index (χ0v) is 12.2. The average Bonchev–Trinajstić information content (AvgIpc) is 2.97. The van der Waals surface area contributed by atoms with E-state index in [1.54, 1.807) is 4.88 Å². The molecule has 3 atom stereocenters. The van der Waals surface area contributed by atoms with Gasteiger partial charge >= 0.3 is 0 Å². The molecular formula is C15H24N2S. The van der Waals surface area contributed by atoms with Gasteiger partial charge in [-0.3, -0.25) is 4.90 Å². The summed E-state index contributed by atoms with van der Waals surface area (Å²) in [7, 11) is 0. The SMILES string of the molecule is CC(C)C(c1cccs1)N1CC2CCCNC2C1. The molecule has 0 radical (unpaired) electrons. The van der Waals surface area contributed by atoms with E-state index < -0.39 is 0 Å². The zero-order chi connectivity index (χ0) is 12.5. The van der Waals surface area contributed by atoms with Gasteiger partial charge in [-0.15, -0.1) is 11.3 Å². The van der Waals surface area contributed by atoms with Crippen molar-refractivity contribution in [2.24, 2.45) is 11.8 Å². The second kappa shape index (κ2) is 5.32. The van der Waals surface area contributed by atoms with E-state index >= 15 is 0 Å². The fourth-order valence-corrected chi connectivity index (χ4v) is 4.73. The van der Waals surface area contributed by atoms with E-state index in [-0.39, 0.29) is 0 Å². The Bertz CT molecular complexity index is 360. The summed E-state index contributed by atoms with van der Waals surface area (Å²) >= 11 is 1.92. The van der Waals surface area contributed by atoms with Gasteiger partial charge in [-0.25, -0.2) is 0 Å². The summed E-state index contributed by atoms with van der Waals surface area (Å²) in [5.41, 5.74) is 0. The summed E-state index contributed by atoms with van der Waals surface area (Å²) in [5, 5.41) is 5.93. The van der Waals surface area contributed by atoms with Gasteiger partial charge < -0.3 is 5.32 Å². The molecule has 3 heteroatoms. The summed E-state index contributed by atoms with van der Waals surface area (Å²) in [6.45, 7) is 8.48. The van der Waals surface area contributed by atoms with Crippen LogP contribution in [-0.4, -0.2) is 30.6 Å². The van der Waals surface area contributed by atoms with Crippen molar-refractivity contribution in [3.63, 3.8) is 0 Å². The predicted octanol–water partition coefficient (Wildman–Crippen LogP) is 3.13. The van der Waals surface area contributed by atoms with E-state index in [0.717, 1.165) is 12.0 Å². The maximum atomic E-state index is 3.71. The fraction of sp³-hybridized carbons (Fsp3) is 0.733. The van der Waals surface area contributed by atoms with E-state index in [1.165, 1.54) is 32.5 Å². The van der Waals surface area contributed by atoms with Gasteiger partial charge in [0, 0.05) is 30.1 Å². The van der Waals surface area contributed by atoms with Crippen molar-refractivity contribution in [2.45, 2.75) is 38.8 Å². The highest BCUT2D eigenvalue weighted by atomic mass is 32.1. The van der Waals surface area contributed by atoms with Crippen LogP contribution in [0.1, 0.15) is 37.6 Å². The molecule has 2 aliphatic heterocycles. The Balaban J connectivity index is 1.76. The van der Waals surface area contributed by atoms with Crippen LogP contribution in [-0.2, 0) is 0 Å². The molecule has 1 aromatic rings. The Hall–Kier alpha value is -0.380. The third kappa shape index (κ3) is 2.36. The van der Waals surface area contributed by atoms with Gasteiger partial charge in [-0.1, -0.05) is 19.9 Å². The minimum Gasteiger partial charge on any atom is -0.312 e. The molecule has 3 unspecified atom stereocenters. The molecule has 1 aromatic heterocycles. The summed E-state index contributed by atoms with van der Waals surface area (Å²) in [6.07, 6.45) is 2.78. The Kier molecular flexibility index (Phi) is 3.73.